The van der Waals surface area contributed by atoms with E-state index in [0.29, 0.717) is 24.7 Å². The molecule has 0 saturated carbocycles. The first kappa shape index (κ1) is 16.6. The van der Waals surface area contributed by atoms with Crippen LogP contribution in [0, 0.1) is 11.7 Å². The van der Waals surface area contributed by atoms with Gasteiger partial charge in [-0.3, -0.25) is 4.90 Å². The number of nitrogens with zero attached hydrogens (tertiary/aromatic N) is 2. The van der Waals surface area contributed by atoms with E-state index in [9.17, 15) is 19.7 Å². The number of hydrogen-bond donors (Lipinski definition) is 3. The minimum Gasteiger partial charge on any atom is -0.389 e. The van der Waals surface area contributed by atoms with Crippen LogP contribution in [0.4, 0.5) is 10.1 Å². The van der Waals surface area contributed by atoms with Gasteiger partial charge in [0.05, 0.1) is 17.9 Å². The van der Waals surface area contributed by atoms with Gasteiger partial charge in [-0.15, -0.1) is 0 Å². The highest BCUT2D eigenvalue weighted by atomic mass is 19.1. The van der Waals surface area contributed by atoms with E-state index < -0.39 is 18.3 Å². The Hall–Kier alpha value is -1.21. The van der Waals surface area contributed by atoms with Gasteiger partial charge in [0.25, 0.3) is 0 Å². The molecule has 2 aliphatic heterocycles. The average molecular weight is 324 g/mol. The number of β-amino-alcohol motifs (C(OH)–C–C–N with tert-alkyl or cyclic N) is 2. The fraction of sp³-hybridized carbons (Fsp3) is 0.647. The van der Waals surface area contributed by atoms with Gasteiger partial charge < -0.3 is 20.2 Å². The van der Waals surface area contributed by atoms with E-state index in [1.807, 2.05) is 17.0 Å². The summed E-state index contributed by atoms with van der Waals surface area (Å²) in [5.74, 6) is 0.287. The summed E-state index contributed by atoms with van der Waals surface area (Å²) in [5.41, 5.74) is 0.665. The van der Waals surface area contributed by atoms with Crippen molar-refractivity contribution in [2.75, 3.05) is 37.6 Å². The van der Waals surface area contributed by atoms with Crippen molar-refractivity contribution < 1.29 is 19.7 Å². The Labute approximate surface area is 136 Å². The highest BCUT2D eigenvalue weighted by Crippen LogP contribution is 2.26. The summed E-state index contributed by atoms with van der Waals surface area (Å²) in [5, 5.41) is 29.1. The second-order valence-corrected chi connectivity index (χ2v) is 6.73. The Balaban J connectivity index is 1.51. The Bertz CT molecular complexity index is 510. The van der Waals surface area contributed by atoms with Crippen LogP contribution in [-0.2, 0) is 0 Å². The van der Waals surface area contributed by atoms with Crippen LogP contribution in [0.25, 0.3) is 0 Å². The van der Waals surface area contributed by atoms with Gasteiger partial charge in [-0.1, -0.05) is 12.1 Å². The fourth-order valence-electron chi connectivity index (χ4n) is 3.65. The summed E-state index contributed by atoms with van der Waals surface area (Å²) < 4.78 is 13.8. The fourth-order valence-corrected chi connectivity index (χ4v) is 3.65. The second-order valence-electron chi connectivity index (χ2n) is 6.73. The van der Waals surface area contributed by atoms with Crippen LogP contribution >= 0.6 is 0 Å². The Morgan fingerprint density at radius 3 is 2.22 bits per heavy atom. The van der Waals surface area contributed by atoms with Gasteiger partial charge in [0.15, 0.2) is 0 Å². The summed E-state index contributed by atoms with van der Waals surface area (Å²) in [7, 11) is 0. The molecule has 0 spiro atoms. The molecule has 2 aliphatic rings. The number of anilines is 1. The molecule has 3 atom stereocenters. The summed E-state index contributed by atoms with van der Waals surface area (Å²) in [4.78, 5) is 4.10. The van der Waals surface area contributed by atoms with E-state index in [-0.39, 0.29) is 5.82 Å². The van der Waals surface area contributed by atoms with Gasteiger partial charge in [0, 0.05) is 32.7 Å². The van der Waals surface area contributed by atoms with Crippen molar-refractivity contribution >= 4 is 5.69 Å². The quantitative estimate of drug-likeness (QED) is 0.753. The lowest BCUT2D eigenvalue weighted by Gasteiger charge is -2.40. The average Bonchev–Trinajstić information content (AvgIpc) is 2.54. The number of para-hydroxylation sites is 1. The standard InChI is InChI=1S/C17H25FN2O3/c18-13-3-1-2-4-14(13)20-7-5-12(6-8-20)9-19-10-15(21)17(23)16(22)11-19/h1-4,12,15-17,21-23H,5-11H2/t15-,16+,17+. The number of hydrogen-bond acceptors (Lipinski definition) is 5. The molecule has 2 fully saturated rings. The van der Waals surface area contributed by atoms with E-state index in [1.165, 1.54) is 6.07 Å². The molecule has 5 nitrogen and oxygen atoms in total. The molecule has 0 amide bonds. The van der Waals surface area contributed by atoms with Crippen LogP contribution in [0.1, 0.15) is 12.8 Å². The van der Waals surface area contributed by atoms with Crippen molar-refractivity contribution in [2.45, 2.75) is 31.2 Å². The topological polar surface area (TPSA) is 67.2 Å². The van der Waals surface area contributed by atoms with Crippen molar-refractivity contribution in [3.05, 3.63) is 30.1 Å². The molecular weight excluding hydrogens is 299 g/mol. The van der Waals surface area contributed by atoms with E-state index in [1.54, 1.807) is 6.07 Å². The molecule has 128 valence electrons. The number of rotatable bonds is 3. The SMILES string of the molecule is O[C@H]1[C@H](O)CN(CC2CCN(c3ccccc3F)CC2)C[C@@H]1O. The van der Waals surface area contributed by atoms with Crippen LogP contribution in [-0.4, -0.2) is 71.3 Å². The molecule has 23 heavy (non-hydrogen) atoms. The van der Waals surface area contributed by atoms with E-state index >= 15 is 0 Å². The summed E-state index contributed by atoms with van der Waals surface area (Å²) in [6, 6.07) is 6.86. The predicted molar refractivity (Wildman–Crippen MR) is 85.8 cm³/mol. The molecule has 3 N–H and O–H groups in total. The first-order valence-corrected chi connectivity index (χ1v) is 8.30. The van der Waals surface area contributed by atoms with Crippen LogP contribution in [0.5, 0.6) is 0 Å². The summed E-state index contributed by atoms with van der Waals surface area (Å²) in [6.07, 6.45) is -0.914. The lowest BCUT2D eigenvalue weighted by Crippen LogP contribution is -2.56. The number of piperidine rings is 2. The first-order valence-electron chi connectivity index (χ1n) is 8.30. The molecule has 6 heteroatoms. The van der Waals surface area contributed by atoms with Crippen LogP contribution in [0.2, 0.25) is 0 Å². The second kappa shape index (κ2) is 7.13. The van der Waals surface area contributed by atoms with Gasteiger partial charge in [-0.2, -0.15) is 0 Å². The number of likely N-dealkylation sites (tertiary alicyclic amines) is 1. The normalized spacial score (nSPS) is 30.6. The number of aliphatic hydroxyl groups is 3. The van der Waals surface area contributed by atoms with Crippen LogP contribution < -0.4 is 4.90 Å². The molecule has 1 aromatic carbocycles. The smallest absolute Gasteiger partial charge is 0.146 e. The highest BCUT2D eigenvalue weighted by Gasteiger charge is 2.34. The maximum Gasteiger partial charge on any atom is 0.146 e. The van der Waals surface area contributed by atoms with Gasteiger partial charge in [-0.25, -0.2) is 4.39 Å². The molecule has 3 rings (SSSR count). The predicted octanol–water partition coefficient (Wildman–Crippen LogP) is 0.440. The molecule has 0 bridgehead atoms. The van der Waals surface area contributed by atoms with Crippen LogP contribution in [0.15, 0.2) is 24.3 Å². The van der Waals surface area contributed by atoms with E-state index in [4.69, 9.17) is 0 Å². The minimum atomic E-state index is -1.05. The van der Waals surface area contributed by atoms with Crippen LogP contribution in [0.3, 0.4) is 0 Å². The highest BCUT2D eigenvalue weighted by molar-refractivity contribution is 5.47. The van der Waals surface area contributed by atoms with E-state index in [0.717, 1.165) is 32.5 Å². The summed E-state index contributed by atoms with van der Waals surface area (Å²) in [6.45, 7) is 3.21. The third kappa shape index (κ3) is 3.83. The van der Waals surface area contributed by atoms with Gasteiger partial charge in [0.2, 0.25) is 0 Å². The van der Waals surface area contributed by atoms with Crippen molar-refractivity contribution in [2.24, 2.45) is 5.92 Å². The minimum absolute atomic E-state index is 0.179. The van der Waals surface area contributed by atoms with Crippen molar-refractivity contribution in [3.63, 3.8) is 0 Å². The lowest BCUT2D eigenvalue weighted by atomic mass is 9.93. The first-order chi connectivity index (χ1) is 11.0. The third-order valence-corrected chi connectivity index (χ3v) is 5.00. The molecule has 0 unspecified atom stereocenters. The molecule has 0 radical (unpaired) electrons. The Kier molecular flexibility index (Phi) is 5.16. The molecule has 0 aromatic heterocycles. The maximum atomic E-state index is 13.8. The van der Waals surface area contributed by atoms with Gasteiger partial charge in [-0.05, 0) is 30.9 Å². The number of halogens is 1. The summed E-state index contributed by atoms with van der Waals surface area (Å²) >= 11 is 0. The largest absolute Gasteiger partial charge is 0.389 e. The molecule has 0 aliphatic carbocycles. The zero-order chi connectivity index (χ0) is 16.4. The molecular formula is C17H25FN2O3. The molecule has 2 saturated heterocycles. The van der Waals surface area contributed by atoms with E-state index in [2.05, 4.69) is 4.90 Å². The molecule has 2 heterocycles. The lowest BCUT2D eigenvalue weighted by molar-refractivity contribution is -0.112. The third-order valence-electron chi connectivity index (χ3n) is 5.00. The number of benzene rings is 1. The Morgan fingerprint density at radius 2 is 1.61 bits per heavy atom. The maximum absolute atomic E-state index is 13.8. The Morgan fingerprint density at radius 1 is 1.00 bits per heavy atom. The molecule has 1 aromatic rings. The zero-order valence-corrected chi connectivity index (χ0v) is 13.2. The van der Waals surface area contributed by atoms with Crippen molar-refractivity contribution in [1.82, 2.24) is 4.90 Å². The van der Waals surface area contributed by atoms with Gasteiger partial charge >= 0.3 is 0 Å². The van der Waals surface area contributed by atoms with Crippen molar-refractivity contribution in [1.29, 1.82) is 0 Å². The monoisotopic (exact) mass is 324 g/mol. The zero-order valence-electron chi connectivity index (χ0n) is 13.2. The van der Waals surface area contributed by atoms with Crippen molar-refractivity contribution in [3.8, 4) is 0 Å². The van der Waals surface area contributed by atoms with Gasteiger partial charge in [0.1, 0.15) is 11.9 Å². The number of aliphatic hydroxyl groups excluding tert-OH is 3.